The summed E-state index contributed by atoms with van der Waals surface area (Å²) < 4.78 is 10.8. The highest BCUT2D eigenvalue weighted by Gasteiger charge is 2.37. The molecule has 6 heteroatoms. The van der Waals surface area contributed by atoms with Gasteiger partial charge in [-0.2, -0.15) is 0 Å². The van der Waals surface area contributed by atoms with Crippen molar-refractivity contribution in [2.45, 2.75) is 45.6 Å². The van der Waals surface area contributed by atoms with E-state index in [0.717, 1.165) is 57.9 Å². The van der Waals surface area contributed by atoms with E-state index in [2.05, 4.69) is 30.8 Å². The fourth-order valence-corrected chi connectivity index (χ4v) is 3.94. The third-order valence-corrected chi connectivity index (χ3v) is 5.52. The normalized spacial score (nSPS) is 25.6. The average molecular weight is 335 g/mol. The minimum atomic E-state index is -0.0256. The maximum Gasteiger partial charge on any atom is 0.292 e. The molecule has 0 aliphatic carbocycles. The van der Waals surface area contributed by atoms with Crippen molar-refractivity contribution in [3.05, 3.63) is 17.5 Å². The van der Waals surface area contributed by atoms with E-state index in [1.807, 2.05) is 11.0 Å². The van der Waals surface area contributed by atoms with E-state index in [1.54, 1.807) is 0 Å². The van der Waals surface area contributed by atoms with Gasteiger partial charge in [-0.1, -0.05) is 25.9 Å². The van der Waals surface area contributed by atoms with Crippen molar-refractivity contribution in [3.63, 3.8) is 0 Å². The summed E-state index contributed by atoms with van der Waals surface area (Å²) in [6.45, 7) is 11.5. The lowest BCUT2D eigenvalue weighted by molar-refractivity contribution is 0.0118. The first-order valence-electron chi connectivity index (χ1n) is 9.21. The van der Waals surface area contributed by atoms with Crippen LogP contribution in [-0.2, 0) is 4.74 Å². The summed E-state index contributed by atoms with van der Waals surface area (Å²) in [4.78, 5) is 17.2. The van der Waals surface area contributed by atoms with Gasteiger partial charge in [-0.05, 0) is 18.8 Å². The number of nitrogens with zero attached hydrogens (tertiary/aromatic N) is 3. The molecule has 3 heterocycles. The zero-order valence-corrected chi connectivity index (χ0v) is 15.0. The largest absolute Gasteiger partial charge is 0.379 e. The lowest BCUT2D eigenvalue weighted by atomic mass is 9.99. The van der Waals surface area contributed by atoms with Gasteiger partial charge in [0.2, 0.25) is 5.76 Å². The van der Waals surface area contributed by atoms with Crippen LogP contribution in [0.4, 0.5) is 0 Å². The molecule has 0 aromatic carbocycles. The van der Waals surface area contributed by atoms with Gasteiger partial charge in [0.25, 0.3) is 5.91 Å². The highest BCUT2D eigenvalue weighted by molar-refractivity contribution is 5.91. The quantitative estimate of drug-likeness (QED) is 0.827. The van der Waals surface area contributed by atoms with Gasteiger partial charge >= 0.3 is 0 Å². The number of morpholine rings is 1. The van der Waals surface area contributed by atoms with E-state index in [-0.39, 0.29) is 5.91 Å². The van der Waals surface area contributed by atoms with Crippen LogP contribution in [0.3, 0.4) is 0 Å². The Morgan fingerprint density at radius 2 is 2.00 bits per heavy atom. The van der Waals surface area contributed by atoms with Crippen molar-refractivity contribution < 1.29 is 14.1 Å². The number of carbonyl (C=O) groups is 1. The fourth-order valence-electron chi connectivity index (χ4n) is 3.94. The SMILES string of the molecule is CCC(CC)c1cc(C(=O)N2CC(C)C(N3CCOCC3)C2)on1. The Labute approximate surface area is 144 Å². The summed E-state index contributed by atoms with van der Waals surface area (Å²) in [5.41, 5.74) is 0.903. The Morgan fingerprint density at radius 1 is 1.29 bits per heavy atom. The summed E-state index contributed by atoms with van der Waals surface area (Å²) in [5.74, 6) is 1.19. The minimum Gasteiger partial charge on any atom is -0.379 e. The van der Waals surface area contributed by atoms with Crippen molar-refractivity contribution in [3.8, 4) is 0 Å². The highest BCUT2D eigenvalue weighted by Crippen LogP contribution is 2.26. The van der Waals surface area contributed by atoms with Gasteiger partial charge in [-0.3, -0.25) is 9.69 Å². The summed E-state index contributed by atoms with van der Waals surface area (Å²) in [5, 5.41) is 4.13. The molecule has 2 atom stereocenters. The predicted molar refractivity (Wildman–Crippen MR) is 91.1 cm³/mol. The molecule has 0 bridgehead atoms. The molecular weight excluding hydrogens is 306 g/mol. The average Bonchev–Trinajstić information content (AvgIpc) is 3.23. The lowest BCUT2D eigenvalue weighted by Gasteiger charge is -2.33. The number of carbonyl (C=O) groups excluding carboxylic acids is 1. The molecule has 2 saturated heterocycles. The van der Waals surface area contributed by atoms with Gasteiger partial charge in [-0.25, -0.2) is 0 Å². The Bertz CT molecular complexity index is 549. The molecule has 2 unspecified atom stereocenters. The molecule has 0 N–H and O–H groups in total. The van der Waals surface area contributed by atoms with Gasteiger partial charge in [0, 0.05) is 44.2 Å². The van der Waals surface area contributed by atoms with Crippen molar-refractivity contribution in [1.82, 2.24) is 15.0 Å². The second-order valence-corrected chi connectivity index (χ2v) is 7.03. The number of likely N-dealkylation sites (tertiary alicyclic amines) is 1. The van der Waals surface area contributed by atoms with Crippen LogP contribution in [0.5, 0.6) is 0 Å². The van der Waals surface area contributed by atoms with Gasteiger partial charge in [0.15, 0.2) is 0 Å². The predicted octanol–water partition coefficient (Wildman–Crippen LogP) is 2.37. The number of amides is 1. The van der Waals surface area contributed by atoms with E-state index in [9.17, 15) is 4.79 Å². The molecule has 2 aliphatic rings. The molecular formula is C18H29N3O3. The van der Waals surface area contributed by atoms with Crippen LogP contribution in [0.25, 0.3) is 0 Å². The number of ether oxygens (including phenoxy) is 1. The molecule has 3 rings (SSSR count). The topological polar surface area (TPSA) is 58.8 Å². The zero-order chi connectivity index (χ0) is 17.1. The maximum atomic E-state index is 12.8. The lowest BCUT2D eigenvalue weighted by Crippen LogP contribution is -2.47. The smallest absolute Gasteiger partial charge is 0.292 e. The van der Waals surface area contributed by atoms with Crippen LogP contribution in [0.1, 0.15) is 55.8 Å². The van der Waals surface area contributed by atoms with E-state index in [0.29, 0.717) is 23.6 Å². The Balaban J connectivity index is 1.65. The second kappa shape index (κ2) is 7.66. The van der Waals surface area contributed by atoms with Crippen molar-refractivity contribution in [2.75, 3.05) is 39.4 Å². The van der Waals surface area contributed by atoms with E-state index in [4.69, 9.17) is 9.26 Å². The van der Waals surface area contributed by atoms with E-state index >= 15 is 0 Å². The fraction of sp³-hybridized carbons (Fsp3) is 0.778. The standard InChI is InChI=1S/C18H29N3O3/c1-4-14(5-2)15-10-17(24-19-15)18(22)21-11-13(3)16(12-21)20-6-8-23-9-7-20/h10,13-14,16H,4-9,11-12H2,1-3H3. The van der Waals surface area contributed by atoms with Gasteiger partial charge in [0.1, 0.15) is 0 Å². The minimum absolute atomic E-state index is 0.0256. The zero-order valence-electron chi connectivity index (χ0n) is 15.0. The first-order chi connectivity index (χ1) is 11.6. The molecule has 0 spiro atoms. The summed E-state index contributed by atoms with van der Waals surface area (Å²) in [7, 11) is 0. The maximum absolute atomic E-state index is 12.8. The molecule has 2 fully saturated rings. The first kappa shape index (κ1) is 17.4. The number of hydrogen-bond donors (Lipinski definition) is 0. The summed E-state index contributed by atoms with van der Waals surface area (Å²) >= 11 is 0. The Kier molecular flexibility index (Phi) is 5.56. The summed E-state index contributed by atoms with van der Waals surface area (Å²) in [6, 6.07) is 2.26. The molecule has 1 aromatic rings. The second-order valence-electron chi connectivity index (χ2n) is 7.03. The molecule has 24 heavy (non-hydrogen) atoms. The van der Waals surface area contributed by atoms with Crippen molar-refractivity contribution in [1.29, 1.82) is 0 Å². The molecule has 1 amide bonds. The Hall–Kier alpha value is -1.40. The molecule has 6 nitrogen and oxygen atoms in total. The van der Waals surface area contributed by atoms with Crippen LogP contribution in [0, 0.1) is 5.92 Å². The first-order valence-corrected chi connectivity index (χ1v) is 9.21. The number of aromatic nitrogens is 1. The van der Waals surface area contributed by atoms with Gasteiger partial charge in [-0.15, -0.1) is 0 Å². The van der Waals surface area contributed by atoms with Crippen LogP contribution in [-0.4, -0.2) is 66.3 Å². The Morgan fingerprint density at radius 3 is 2.67 bits per heavy atom. The molecule has 2 aliphatic heterocycles. The molecule has 1 aromatic heterocycles. The van der Waals surface area contributed by atoms with Crippen molar-refractivity contribution >= 4 is 5.91 Å². The summed E-state index contributed by atoms with van der Waals surface area (Å²) in [6.07, 6.45) is 2.02. The van der Waals surface area contributed by atoms with Crippen molar-refractivity contribution in [2.24, 2.45) is 5.92 Å². The number of hydrogen-bond acceptors (Lipinski definition) is 5. The van der Waals surface area contributed by atoms with Crippen LogP contribution in [0.2, 0.25) is 0 Å². The van der Waals surface area contributed by atoms with E-state index in [1.165, 1.54) is 0 Å². The molecule has 0 saturated carbocycles. The highest BCUT2D eigenvalue weighted by atomic mass is 16.5. The molecule has 0 radical (unpaired) electrons. The van der Waals surface area contributed by atoms with Gasteiger partial charge < -0.3 is 14.2 Å². The number of rotatable bonds is 5. The monoisotopic (exact) mass is 335 g/mol. The van der Waals surface area contributed by atoms with Crippen LogP contribution in [0.15, 0.2) is 10.6 Å². The third-order valence-electron chi connectivity index (χ3n) is 5.52. The molecule has 134 valence electrons. The third kappa shape index (κ3) is 3.49. The van der Waals surface area contributed by atoms with Crippen LogP contribution >= 0.6 is 0 Å². The van der Waals surface area contributed by atoms with Gasteiger partial charge in [0.05, 0.1) is 18.9 Å². The van der Waals surface area contributed by atoms with E-state index < -0.39 is 0 Å². The van der Waals surface area contributed by atoms with Crippen LogP contribution < -0.4 is 0 Å².